The number of hydrogen-bond donors (Lipinski definition) is 1. The van der Waals surface area contributed by atoms with Crippen LogP contribution < -0.4 is 29.3 Å². The van der Waals surface area contributed by atoms with Crippen molar-refractivity contribution in [3.05, 3.63) is 12.2 Å². The second kappa shape index (κ2) is 9.88. The van der Waals surface area contributed by atoms with Gasteiger partial charge in [0.05, 0.1) is 27.7 Å². The lowest BCUT2D eigenvalue weighted by Gasteiger charge is -2.23. The molecule has 0 unspecified atom stereocenters. The zero-order valence-electron chi connectivity index (χ0n) is 11.7. The average Bonchev–Trinajstić information content (AvgIpc) is 2.14. The fourth-order valence-corrected chi connectivity index (χ4v) is 1.42. The Labute approximate surface area is 123 Å². The summed E-state index contributed by atoms with van der Waals surface area (Å²) in [5.74, 6) is -0.0219. The lowest BCUT2D eigenvalue weighted by molar-refractivity contribution is -0.870. The third-order valence-electron chi connectivity index (χ3n) is 2.43. The molecule has 4 heteroatoms. The number of quaternary nitrogens is 1. The summed E-state index contributed by atoms with van der Waals surface area (Å²) < 4.78 is 1.03. The summed E-state index contributed by atoms with van der Waals surface area (Å²) in [7, 11) is 6.65. The predicted molar refractivity (Wildman–Crippen MR) is 69.2 cm³/mol. The largest absolute Gasteiger partial charge is 1.00 e. The number of hydrogen-bond acceptors (Lipinski definition) is 1. The minimum absolute atomic E-state index is 0. The molecular weight excluding hydrogens is 327 g/mol. The first-order valence-corrected chi connectivity index (χ1v) is 6.07. The normalized spacial score (nSPS) is 10.6. The maximum Gasteiger partial charge on any atom is 0.246 e. The van der Waals surface area contributed by atoms with Crippen molar-refractivity contribution in [2.75, 3.05) is 34.2 Å². The van der Waals surface area contributed by atoms with Crippen LogP contribution in [-0.4, -0.2) is 44.6 Å². The number of nitrogens with one attached hydrogen (secondary N) is 1. The van der Waals surface area contributed by atoms with Crippen LogP contribution in [0.3, 0.4) is 0 Å². The first-order chi connectivity index (χ1) is 7.33. The van der Waals surface area contributed by atoms with Crippen molar-refractivity contribution in [1.82, 2.24) is 5.32 Å². The topological polar surface area (TPSA) is 29.1 Å². The van der Waals surface area contributed by atoms with Crippen LogP contribution in [0.4, 0.5) is 0 Å². The van der Waals surface area contributed by atoms with Gasteiger partial charge in [0.25, 0.3) is 0 Å². The van der Waals surface area contributed by atoms with E-state index in [0.717, 1.165) is 17.4 Å². The molecule has 0 fully saturated rings. The molecule has 3 nitrogen and oxygen atoms in total. The first-order valence-electron chi connectivity index (χ1n) is 6.07. The van der Waals surface area contributed by atoms with Crippen LogP contribution in [0.25, 0.3) is 0 Å². The number of amides is 1. The van der Waals surface area contributed by atoms with Gasteiger partial charge in [-0.2, -0.15) is 0 Å². The van der Waals surface area contributed by atoms with Crippen LogP contribution >= 0.6 is 0 Å². The molecule has 0 radical (unpaired) electrons. The van der Waals surface area contributed by atoms with Gasteiger partial charge in [-0.1, -0.05) is 13.0 Å². The molecule has 0 heterocycles. The van der Waals surface area contributed by atoms with E-state index in [2.05, 4.69) is 33.0 Å². The number of halogens is 1. The third kappa shape index (κ3) is 13.8. The Balaban J connectivity index is 0. The van der Waals surface area contributed by atoms with Gasteiger partial charge in [-0.3, -0.25) is 4.79 Å². The van der Waals surface area contributed by atoms with Crippen LogP contribution in [0.5, 0.6) is 0 Å². The molecule has 17 heavy (non-hydrogen) atoms. The van der Waals surface area contributed by atoms with Crippen molar-refractivity contribution in [2.45, 2.75) is 32.6 Å². The van der Waals surface area contributed by atoms with E-state index in [9.17, 15) is 4.79 Å². The minimum atomic E-state index is -0.0219. The smallest absolute Gasteiger partial charge is 0.246 e. The van der Waals surface area contributed by atoms with Crippen molar-refractivity contribution in [3.63, 3.8) is 0 Å². The molecule has 0 aliphatic heterocycles. The van der Waals surface area contributed by atoms with Gasteiger partial charge in [0.2, 0.25) is 5.91 Å². The fourth-order valence-electron chi connectivity index (χ4n) is 1.42. The minimum Gasteiger partial charge on any atom is -1.00 e. The monoisotopic (exact) mass is 354 g/mol. The van der Waals surface area contributed by atoms with E-state index >= 15 is 0 Å². The van der Waals surface area contributed by atoms with Crippen molar-refractivity contribution < 1.29 is 33.3 Å². The Hall–Kier alpha value is -0.100. The maximum absolute atomic E-state index is 11.2. The summed E-state index contributed by atoms with van der Waals surface area (Å²) in [4.78, 5) is 11.2. The number of rotatable bonds is 8. The van der Waals surface area contributed by atoms with E-state index in [0.29, 0.717) is 5.57 Å². The number of unbranched alkanes of at least 4 members (excludes halogenated alkanes) is 3. The van der Waals surface area contributed by atoms with Crippen molar-refractivity contribution >= 4 is 5.91 Å². The van der Waals surface area contributed by atoms with Gasteiger partial charge in [-0.15, -0.1) is 0 Å². The number of carbonyl (C=O) groups excluding carboxylic acids is 1. The standard InChI is InChI=1S/C13H26N2O.HI/c1-12(2)13(16)14-10-8-6-7-9-11-15(3,4)5;/h1,6-11H2,2-5H3;1H. The van der Waals surface area contributed by atoms with Gasteiger partial charge in [0.15, 0.2) is 0 Å². The summed E-state index contributed by atoms with van der Waals surface area (Å²) in [6.45, 7) is 7.32. The highest BCUT2D eigenvalue weighted by Crippen LogP contribution is 2.02. The lowest BCUT2D eigenvalue weighted by atomic mass is 10.2. The second-order valence-electron chi connectivity index (χ2n) is 5.46. The van der Waals surface area contributed by atoms with Crippen LogP contribution in [-0.2, 0) is 4.79 Å². The van der Waals surface area contributed by atoms with E-state index in [1.807, 2.05) is 0 Å². The van der Waals surface area contributed by atoms with Gasteiger partial charge < -0.3 is 33.8 Å². The number of carbonyl (C=O) groups is 1. The van der Waals surface area contributed by atoms with E-state index in [1.54, 1.807) is 6.92 Å². The van der Waals surface area contributed by atoms with Crippen molar-refractivity contribution in [3.8, 4) is 0 Å². The van der Waals surface area contributed by atoms with Gasteiger partial charge >= 0.3 is 0 Å². The maximum atomic E-state index is 11.2. The highest BCUT2D eigenvalue weighted by atomic mass is 127. The molecule has 1 amide bonds. The number of nitrogens with zero attached hydrogens (tertiary/aromatic N) is 1. The summed E-state index contributed by atoms with van der Waals surface area (Å²) in [6, 6.07) is 0. The van der Waals surface area contributed by atoms with Crippen LogP contribution in [0.1, 0.15) is 32.6 Å². The van der Waals surface area contributed by atoms with Gasteiger partial charge in [-0.05, 0) is 26.2 Å². The molecule has 0 rings (SSSR count). The van der Waals surface area contributed by atoms with Gasteiger partial charge in [0, 0.05) is 12.1 Å². The molecule has 0 bridgehead atoms. The molecule has 0 aliphatic carbocycles. The van der Waals surface area contributed by atoms with Gasteiger partial charge in [0.1, 0.15) is 0 Å². The summed E-state index contributed by atoms with van der Waals surface area (Å²) >= 11 is 0. The van der Waals surface area contributed by atoms with Crippen LogP contribution in [0.15, 0.2) is 12.2 Å². The third-order valence-corrected chi connectivity index (χ3v) is 2.43. The molecule has 0 atom stereocenters. The zero-order valence-corrected chi connectivity index (χ0v) is 13.8. The van der Waals surface area contributed by atoms with E-state index in [4.69, 9.17) is 0 Å². The van der Waals surface area contributed by atoms with Crippen LogP contribution in [0, 0.1) is 0 Å². The highest BCUT2D eigenvalue weighted by molar-refractivity contribution is 5.91. The summed E-state index contributed by atoms with van der Waals surface area (Å²) in [6.07, 6.45) is 4.77. The molecule has 0 spiro atoms. The molecule has 0 aromatic carbocycles. The van der Waals surface area contributed by atoms with Gasteiger partial charge in [-0.25, -0.2) is 0 Å². The molecule has 0 saturated carbocycles. The van der Waals surface area contributed by atoms with E-state index in [-0.39, 0.29) is 29.9 Å². The van der Waals surface area contributed by atoms with E-state index in [1.165, 1.54) is 25.8 Å². The second-order valence-corrected chi connectivity index (χ2v) is 5.46. The Bertz CT molecular complexity index is 234. The van der Waals surface area contributed by atoms with E-state index < -0.39 is 0 Å². The Morgan fingerprint density at radius 3 is 2.12 bits per heavy atom. The summed E-state index contributed by atoms with van der Waals surface area (Å²) in [5, 5.41) is 2.85. The lowest BCUT2D eigenvalue weighted by Crippen LogP contribution is -3.00. The molecule has 1 N–H and O–H groups in total. The molecule has 0 aliphatic rings. The van der Waals surface area contributed by atoms with Crippen molar-refractivity contribution in [2.24, 2.45) is 0 Å². The van der Waals surface area contributed by atoms with Crippen molar-refractivity contribution in [1.29, 1.82) is 0 Å². The fraction of sp³-hybridized carbons (Fsp3) is 0.769. The zero-order chi connectivity index (χ0) is 12.6. The van der Waals surface area contributed by atoms with Crippen LogP contribution in [0.2, 0.25) is 0 Å². The Morgan fingerprint density at radius 1 is 1.12 bits per heavy atom. The quantitative estimate of drug-likeness (QED) is 0.256. The SMILES string of the molecule is C=C(C)C(=O)NCCCCCC[N+](C)(C)C.[I-]. The Morgan fingerprint density at radius 2 is 1.65 bits per heavy atom. The Kier molecular flexibility index (Phi) is 11.2. The highest BCUT2D eigenvalue weighted by Gasteiger charge is 2.05. The summed E-state index contributed by atoms with van der Waals surface area (Å²) in [5.41, 5.74) is 0.588. The molecule has 0 saturated heterocycles. The molecule has 0 aromatic heterocycles. The first kappa shape index (κ1) is 19.2. The molecule has 102 valence electrons. The predicted octanol–water partition coefficient (Wildman–Crippen LogP) is -1.05. The molecule has 0 aromatic rings. The molecular formula is C13H27IN2O. The average molecular weight is 354 g/mol.